The summed E-state index contributed by atoms with van der Waals surface area (Å²) in [4.78, 5) is 0. The predicted molar refractivity (Wildman–Crippen MR) is 125 cm³/mol. The maximum atomic E-state index is 3.40. The Hall–Kier alpha value is -0.440. The maximum Gasteiger partial charge on any atom is 0.00886 e. The molecule has 0 aromatic heterocycles. The molecule has 0 aliphatic carbocycles. The number of hydrogen-bond donors (Lipinski definition) is 0. The van der Waals surface area contributed by atoms with Gasteiger partial charge in [0, 0.05) is 12.8 Å². The molecule has 27 heavy (non-hydrogen) atoms. The van der Waals surface area contributed by atoms with Crippen LogP contribution in [0.5, 0.6) is 0 Å². The van der Waals surface area contributed by atoms with Crippen molar-refractivity contribution in [2.24, 2.45) is 0 Å². The van der Waals surface area contributed by atoms with Gasteiger partial charge < -0.3 is 0 Å². The van der Waals surface area contributed by atoms with E-state index in [0.29, 0.717) is 0 Å². The largest absolute Gasteiger partial charge is 0.103 e. The van der Waals surface area contributed by atoms with Crippen molar-refractivity contribution in [2.75, 3.05) is 0 Å². The van der Waals surface area contributed by atoms with Crippen molar-refractivity contribution >= 4 is 0 Å². The average molecular weight is 377 g/mol. The molecule has 0 amide bonds. The molecule has 160 valence electrons. The van der Waals surface area contributed by atoms with Crippen LogP contribution in [0.4, 0.5) is 0 Å². The van der Waals surface area contributed by atoms with Gasteiger partial charge in [0.2, 0.25) is 0 Å². The van der Waals surface area contributed by atoms with E-state index >= 15 is 0 Å². The third-order valence-corrected chi connectivity index (χ3v) is 5.69. The van der Waals surface area contributed by atoms with E-state index in [-0.39, 0.29) is 0 Å². The third kappa shape index (κ3) is 25.6. The Morgan fingerprint density at radius 3 is 0.778 bits per heavy atom. The summed E-state index contributed by atoms with van der Waals surface area (Å²) in [7, 11) is 0. The fraction of sp³-hybridized carbons (Fsp3) is 0.926. The molecule has 0 fully saturated rings. The Morgan fingerprint density at radius 2 is 0.519 bits per heavy atom. The van der Waals surface area contributed by atoms with E-state index in [2.05, 4.69) is 25.7 Å². The average Bonchev–Trinajstić information content (AvgIpc) is 2.68. The van der Waals surface area contributed by atoms with Crippen LogP contribution >= 0.6 is 0 Å². The van der Waals surface area contributed by atoms with Gasteiger partial charge in [-0.2, -0.15) is 0 Å². The Bertz CT molecular complexity index is 306. The first-order valence-corrected chi connectivity index (χ1v) is 12.9. The van der Waals surface area contributed by atoms with Crippen LogP contribution in [0.25, 0.3) is 0 Å². The lowest BCUT2D eigenvalue weighted by atomic mass is 10.0. The summed E-state index contributed by atoms with van der Waals surface area (Å²) < 4.78 is 0. The van der Waals surface area contributed by atoms with Gasteiger partial charge >= 0.3 is 0 Å². The second-order valence-electron chi connectivity index (χ2n) is 8.57. The van der Waals surface area contributed by atoms with Crippen molar-refractivity contribution < 1.29 is 0 Å². The summed E-state index contributed by atoms with van der Waals surface area (Å²) in [6, 6.07) is 0. The fourth-order valence-corrected chi connectivity index (χ4v) is 3.76. The van der Waals surface area contributed by atoms with E-state index in [1.54, 1.807) is 0 Å². The van der Waals surface area contributed by atoms with Gasteiger partial charge in [-0.1, -0.05) is 136 Å². The molecule has 0 aromatic rings. The van der Waals surface area contributed by atoms with E-state index in [9.17, 15) is 0 Å². The molecule has 0 bridgehead atoms. The maximum absolute atomic E-state index is 3.40. The molecule has 0 atom stereocenters. The minimum absolute atomic E-state index is 1.13. The first-order chi connectivity index (χ1) is 13.4. The van der Waals surface area contributed by atoms with Crippen molar-refractivity contribution in [2.45, 2.75) is 162 Å². The lowest BCUT2D eigenvalue weighted by Crippen LogP contribution is -1.82. The normalized spacial score (nSPS) is 10.7. The quantitative estimate of drug-likeness (QED) is 0.138. The summed E-state index contributed by atoms with van der Waals surface area (Å²) in [5, 5.41) is 0. The van der Waals surface area contributed by atoms with Crippen molar-refractivity contribution in [1.82, 2.24) is 0 Å². The Kier molecular flexibility index (Phi) is 25.1. The first-order valence-electron chi connectivity index (χ1n) is 12.9. The smallest absolute Gasteiger partial charge is 0.00886 e. The van der Waals surface area contributed by atoms with Crippen molar-refractivity contribution in [3.63, 3.8) is 0 Å². The van der Waals surface area contributed by atoms with Crippen LogP contribution in [0.2, 0.25) is 0 Å². The molecule has 0 spiro atoms. The van der Waals surface area contributed by atoms with Gasteiger partial charge in [-0.3, -0.25) is 0 Å². The van der Waals surface area contributed by atoms with Gasteiger partial charge in [-0.25, -0.2) is 0 Å². The molecule has 0 radical (unpaired) electrons. The van der Waals surface area contributed by atoms with Gasteiger partial charge in [0.25, 0.3) is 0 Å². The van der Waals surface area contributed by atoms with Gasteiger partial charge in [-0.15, -0.1) is 11.8 Å². The highest BCUT2D eigenvalue weighted by Crippen LogP contribution is 2.12. The lowest BCUT2D eigenvalue weighted by molar-refractivity contribution is 0.545. The number of hydrogen-bond acceptors (Lipinski definition) is 0. The highest BCUT2D eigenvalue weighted by Gasteiger charge is 1.93. The van der Waals surface area contributed by atoms with Gasteiger partial charge in [0.05, 0.1) is 0 Å². The molecule has 0 rings (SSSR count). The SMILES string of the molecule is CCCCCCCCCCCC#CCCCCCCCCCCCCCC. The van der Waals surface area contributed by atoms with Gasteiger partial charge in [-0.05, 0) is 12.8 Å². The molecule has 0 unspecified atom stereocenters. The summed E-state index contributed by atoms with van der Waals surface area (Å²) in [6.07, 6.45) is 32.1. The highest BCUT2D eigenvalue weighted by atomic mass is 14.0. The zero-order valence-electron chi connectivity index (χ0n) is 19.3. The topological polar surface area (TPSA) is 0 Å². The minimum Gasteiger partial charge on any atom is -0.103 e. The van der Waals surface area contributed by atoms with E-state index in [1.165, 1.54) is 135 Å². The molecule has 0 saturated heterocycles. The molecular formula is C27H52. The Balaban J connectivity index is 3.08. The molecule has 0 N–H and O–H groups in total. The van der Waals surface area contributed by atoms with Crippen LogP contribution in [0.3, 0.4) is 0 Å². The number of unbranched alkanes of at least 4 members (excludes halogenated alkanes) is 21. The van der Waals surface area contributed by atoms with Crippen LogP contribution in [-0.2, 0) is 0 Å². The predicted octanol–water partition coefficient (Wildman–Crippen LogP) is 10.0. The molecular weight excluding hydrogens is 324 g/mol. The van der Waals surface area contributed by atoms with Crippen molar-refractivity contribution in [1.29, 1.82) is 0 Å². The molecule has 0 heteroatoms. The first kappa shape index (κ1) is 26.6. The van der Waals surface area contributed by atoms with Gasteiger partial charge in [0.15, 0.2) is 0 Å². The standard InChI is InChI=1S/C27H52/c1-3-5-7-9-11-13-15-17-19-21-23-25-27-26-24-22-20-18-16-14-12-10-8-6-4-2/h3-23,25,27H2,1-2H3. The van der Waals surface area contributed by atoms with Crippen LogP contribution < -0.4 is 0 Å². The molecule has 0 aliphatic heterocycles. The van der Waals surface area contributed by atoms with Crippen LogP contribution in [-0.4, -0.2) is 0 Å². The fourth-order valence-electron chi connectivity index (χ4n) is 3.76. The Morgan fingerprint density at radius 1 is 0.296 bits per heavy atom. The Labute approximate surface area is 173 Å². The zero-order valence-corrected chi connectivity index (χ0v) is 19.3. The molecule has 0 aromatic carbocycles. The molecule has 0 heterocycles. The van der Waals surface area contributed by atoms with E-state index < -0.39 is 0 Å². The summed E-state index contributed by atoms with van der Waals surface area (Å²) in [6.45, 7) is 4.59. The molecule has 0 nitrogen and oxygen atoms in total. The zero-order chi connectivity index (χ0) is 19.7. The van der Waals surface area contributed by atoms with Crippen LogP contribution in [0, 0.1) is 11.8 Å². The third-order valence-electron chi connectivity index (χ3n) is 5.69. The number of rotatable bonds is 21. The second-order valence-corrected chi connectivity index (χ2v) is 8.57. The highest BCUT2D eigenvalue weighted by molar-refractivity contribution is 4.98. The molecule has 0 aliphatic rings. The second kappa shape index (κ2) is 25.6. The minimum atomic E-state index is 1.13. The summed E-state index contributed by atoms with van der Waals surface area (Å²) >= 11 is 0. The molecule has 0 saturated carbocycles. The van der Waals surface area contributed by atoms with E-state index in [1.807, 2.05) is 0 Å². The lowest BCUT2D eigenvalue weighted by Gasteiger charge is -2.02. The van der Waals surface area contributed by atoms with Crippen LogP contribution in [0.15, 0.2) is 0 Å². The van der Waals surface area contributed by atoms with Crippen molar-refractivity contribution in [3.05, 3.63) is 0 Å². The van der Waals surface area contributed by atoms with E-state index in [0.717, 1.165) is 12.8 Å². The summed E-state index contributed by atoms with van der Waals surface area (Å²) in [5.41, 5.74) is 0. The van der Waals surface area contributed by atoms with Crippen LogP contribution in [0.1, 0.15) is 162 Å². The van der Waals surface area contributed by atoms with Gasteiger partial charge in [0.1, 0.15) is 0 Å². The van der Waals surface area contributed by atoms with E-state index in [4.69, 9.17) is 0 Å². The summed E-state index contributed by atoms with van der Waals surface area (Å²) in [5.74, 6) is 6.79. The monoisotopic (exact) mass is 376 g/mol. The van der Waals surface area contributed by atoms with Crippen molar-refractivity contribution in [3.8, 4) is 11.8 Å².